The molecule has 2 N–H and O–H groups in total. The van der Waals surface area contributed by atoms with Gasteiger partial charge in [0.2, 0.25) is 0 Å². The molecule has 1 aromatic rings. The molecule has 1 saturated carbocycles. The van der Waals surface area contributed by atoms with Crippen LogP contribution in [0.4, 0.5) is 0 Å². The minimum absolute atomic E-state index is 0.839. The highest BCUT2D eigenvalue weighted by Gasteiger charge is 2.19. The minimum atomic E-state index is 0.839. The first kappa shape index (κ1) is 13.5. The van der Waals surface area contributed by atoms with Crippen LogP contribution in [0.1, 0.15) is 44.0 Å². The first-order chi connectivity index (χ1) is 8.88. The third-order valence-corrected chi connectivity index (χ3v) is 3.29. The predicted molar refractivity (Wildman–Crippen MR) is 75.6 cm³/mol. The van der Waals surface area contributed by atoms with Crippen LogP contribution in [0.25, 0.3) is 0 Å². The molecule has 0 aromatic carbocycles. The molecular formula is C15H25N3. The fourth-order valence-corrected chi connectivity index (χ4v) is 2.04. The van der Waals surface area contributed by atoms with E-state index in [1.165, 1.54) is 37.9 Å². The molecule has 1 aliphatic carbocycles. The van der Waals surface area contributed by atoms with Crippen molar-refractivity contribution in [2.24, 2.45) is 0 Å². The van der Waals surface area contributed by atoms with E-state index in [0.717, 1.165) is 31.2 Å². The molecule has 0 radical (unpaired) electrons. The molecule has 1 fully saturated rings. The first-order valence-electron chi connectivity index (χ1n) is 7.27. The molecule has 0 atom stereocenters. The van der Waals surface area contributed by atoms with Crippen molar-refractivity contribution < 1.29 is 0 Å². The summed E-state index contributed by atoms with van der Waals surface area (Å²) in [7, 11) is 0. The molecule has 2 rings (SSSR count). The summed E-state index contributed by atoms with van der Waals surface area (Å²) >= 11 is 0. The van der Waals surface area contributed by atoms with Gasteiger partial charge in [-0.15, -0.1) is 0 Å². The maximum Gasteiger partial charge on any atom is 0.0544 e. The summed E-state index contributed by atoms with van der Waals surface area (Å²) in [5, 5.41) is 6.87. The zero-order valence-corrected chi connectivity index (χ0v) is 11.4. The largest absolute Gasteiger partial charge is 0.314 e. The van der Waals surface area contributed by atoms with E-state index in [1.54, 1.807) is 0 Å². The summed E-state index contributed by atoms with van der Waals surface area (Å²) in [4.78, 5) is 4.67. The summed E-state index contributed by atoms with van der Waals surface area (Å²) in [6.45, 7) is 5.17. The van der Waals surface area contributed by atoms with Gasteiger partial charge in [0.1, 0.15) is 0 Å². The molecule has 1 aliphatic rings. The lowest BCUT2D eigenvalue weighted by atomic mass is 10.1. The van der Waals surface area contributed by atoms with Crippen LogP contribution in [0.5, 0.6) is 0 Å². The molecule has 100 valence electrons. The number of nitrogens with one attached hydrogen (secondary N) is 2. The molecule has 3 heteroatoms. The normalized spacial score (nSPS) is 14.9. The standard InChI is InChI=1S/C15H25N3/c1-2-16-12-15-8-5-7-14(18-15)6-3-4-11-17-13-9-10-13/h5,7-8,13,16-17H,2-4,6,9-12H2,1H3. The number of unbranched alkanes of at least 4 members (excludes halogenated alkanes) is 1. The average Bonchev–Trinajstić information content (AvgIpc) is 3.20. The Bertz CT molecular complexity index is 347. The molecule has 3 nitrogen and oxygen atoms in total. The fourth-order valence-electron chi connectivity index (χ4n) is 2.04. The predicted octanol–water partition coefficient (Wildman–Crippen LogP) is 2.27. The van der Waals surface area contributed by atoms with Crippen molar-refractivity contribution in [3.8, 4) is 0 Å². The highest BCUT2D eigenvalue weighted by molar-refractivity contribution is 5.11. The van der Waals surface area contributed by atoms with Crippen molar-refractivity contribution in [1.29, 1.82) is 0 Å². The van der Waals surface area contributed by atoms with E-state index in [1.807, 2.05) is 0 Å². The Hall–Kier alpha value is -0.930. The van der Waals surface area contributed by atoms with E-state index in [2.05, 4.69) is 40.7 Å². The van der Waals surface area contributed by atoms with Gasteiger partial charge in [0.15, 0.2) is 0 Å². The number of aromatic nitrogens is 1. The Kier molecular flexibility index (Phi) is 5.62. The van der Waals surface area contributed by atoms with Gasteiger partial charge in [-0.3, -0.25) is 4.98 Å². The van der Waals surface area contributed by atoms with Crippen LogP contribution in [0.15, 0.2) is 18.2 Å². The zero-order valence-electron chi connectivity index (χ0n) is 11.4. The van der Waals surface area contributed by atoms with Crippen molar-refractivity contribution in [2.75, 3.05) is 13.1 Å². The number of hydrogen-bond acceptors (Lipinski definition) is 3. The van der Waals surface area contributed by atoms with E-state index in [4.69, 9.17) is 0 Å². The van der Waals surface area contributed by atoms with Gasteiger partial charge in [-0.05, 0) is 57.3 Å². The Labute approximate surface area is 110 Å². The van der Waals surface area contributed by atoms with Crippen LogP contribution in [-0.2, 0) is 13.0 Å². The molecule has 0 unspecified atom stereocenters. The van der Waals surface area contributed by atoms with Crippen molar-refractivity contribution in [3.05, 3.63) is 29.6 Å². The van der Waals surface area contributed by atoms with Crippen molar-refractivity contribution >= 4 is 0 Å². The number of hydrogen-bond donors (Lipinski definition) is 2. The van der Waals surface area contributed by atoms with Crippen LogP contribution in [-0.4, -0.2) is 24.1 Å². The van der Waals surface area contributed by atoms with Crippen molar-refractivity contribution in [2.45, 2.75) is 51.6 Å². The maximum atomic E-state index is 4.67. The quantitative estimate of drug-likeness (QED) is 0.657. The molecule has 18 heavy (non-hydrogen) atoms. The number of nitrogens with zero attached hydrogens (tertiary/aromatic N) is 1. The number of pyridine rings is 1. The monoisotopic (exact) mass is 247 g/mol. The molecule has 0 saturated heterocycles. The van der Waals surface area contributed by atoms with Gasteiger partial charge in [-0.2, -0.15) is 0 Å². The summed E-state index contributed by atoms with van der Waals surface area (Å²) < 4.78 is 0. The molecule has 0 bridgehead atoms. The van der Waals surface area contributed by atoms with E-state index in [9.17, 15) is 0 Å². The second kappa shape index (κ2) is 7.49. The van der Waals surface area contributed by atoms with E-state index >= 15 is 0 Å². The lowest BCUT2D eigenvalue weighted by Crippen LogP contribution is -2.17. The Morgan fingerprint density at radius 1 is 1.22 bits per heavy atom. The molecule has 0 amide bonds. The highest BCUT2D eigenvalue weighted by Crippen LogP contribution is 2.18. The van der Waals surface area contributed by atoms with Gasteiger partial charge in [-0.1, -0.05) is 13.0 Å². The van der Waals surface area contributed by atoms with Gasteiger partial charge in [-0.25, -0.2) is 0 Å². The summed E-state index contributed by atoms with van der Waals surface area (Å²) in [6, 6.07) is 7.20. The van der Waals surface area contributed by atoms with E-state index in [0.29, 0.717) is 0 Å². The van der Waals surface area contributed by atoms with Gasteiger partial charge >= 0.3 is 0 Å². The Balaban J connectivity index is 1.64. The van der Waals surface area contributed by atoms with Gasteiger partial charge in [0.25, 0.3) is 0 Å². The van der Waals surface area contributed by atoms with Crippen molar-refractivity contribution in [1.82, 2.24) is 15.6 Å². The highest BCUT2D eigenvalue weighted by atomic mass is 14.9. The second-order valence-corrected chi connectivity index (χ2v) is 5.09. The van der Waals surface area contributed by atoms with E-state index < -0.39 is 0 Å². The van der Waals surface area contributed by atoms with Crippen LogP contribution in [0.3, 0.4) is 0 Å². The SMILES string of the molecule is CCNCc1cccc(CCCCNC2CC2)n1. The van der Waals surface area contributed by atoms with Crippen LogP contribution in [0, 0.1) is 0 Å². The third-order valence-electron chi connectivity index (χ3n) is 3.29. The minimum Gasteiger partial charge on any atom is -0.314 e. The van der Waals surface area contributed by atoms with E-state index in [-0.39, 0.29) is 0 Å². The van der Waals surface area contributed by atoms with Crippen LogP contribution >= 0.6 is 0 Å². The molecule has 0 aliphatic heterocycles. The number of rotatable bonds is 9. The molecular weight excluding hydrogens is 222 g/mol. The maximum absolute atomic E-state index is 4.67. The lowest BCUT2D eigenvalue weighted by Gasteiger charge is -2.05. The van der Waals surface area contributed by atoms with Crippen molar-refractivity contribution in [3.63, 3.8) is 0 Å². The second-order valence-electron chi connectivity index (χ2n) is 5.09. The molecule has 1 aromatic heterocycles. The zero-order chi connectivity index (χ0) is 12.6. The lowest BCUT2D eigenvalue weighted by molar-refractivity contribution is 0.615. The van der Waals surface area contributed by atoms with Gasteiger partial charge < -0.3 is 10.6 Å². The van der Waals surface area contributed by atoms with Crippen LogP contribution < -0.4 is 10.6 Å². The molecule has 1 heterocycles. The molecule has 0 spiro atoms. The Morgan fingerprint density at radius 3 is 2.83 bits per heavy atom. The first-order valence-corrected chi connectivity index (χ1v) is 7.27. The Morgan fingerprint density at radius 2 is 2.06 bits per heavy atom. The summed E-state index contributed by atoms with van der Waals surface area (Å²) in [6.07, 6.45) is 6.36. The summed E-state index contributed by atoms with van der Waals surface area (Å²) in [5.74, 6) is 0. The third kappa shape index (κ3) is 5.15. The van der Waals surface area contributed by atoms with Crippen LogP contribution in [0.2, 0.25) is 0 Å². The smallest absolute Gasteiger partial charge is 0.0544 e. The topological polar surface area (TPSA) is 37.0 Å². The average molecular weight is 247 g/mol. The fraction of sp³-hybridized carbons (Fsp3) is 0.667. The van der Waals surface area contributed by atoms with Gasteiger partial charge in [0.05, 0.1) is 5.69 Å². The number of aryl methyl sites for hydroxylation is 1. The van der Waals surface area contributed by atoms with Gasteiger partial charge in [0, 0.05) is 18.3 Å². The summed E-state index contributed by atoms with van der Waals surface area (Å²) in [5.41, 5.74) is 2.39.